The first-order valence-electron chi connectivity index (χ1n) is 2.22. The normalized spacial score (nSPS) is 9.12. The van der Waals surface area contributed by atoms with Crippen molar-refractivity contribution in [2.24, 2.45) is 0 Å². The Balaban J connectivity index is 3.13. The predicted molar refractivity (Wildman–Crippen MR) is 35.1 cm³/mol. The van der Waals surface area contributed by atoms with Crippen LogP contribution >= 0.6 is 15.9 Å². The van der Waals surface area contributed by atoms with E-state index in [1.54, 1.807) is 18.5 Å². The maximum Gasteiger partial charge on any atom is 0.183 e. The van der Waals surface area contributed by atoms with Crippen LogP contribution in [-0.2, 0) is 0 Å². The van der Waals surface area contributed by atoms with Gasteiger partial charge in [-0.15, -0.1) is 0 Å². The van der Waals surface area contributed by atoms with Crippen molar-refractivity contribution in [3.05, 3.63) is 22.9 Å². The Bertz CT molecular complexity index is 167. The van der Waals surface area contributed by atoms with Crippen LogP contribution in [0.1, 0.15) is 0 Å². The second kappa shape index (κ2) is 2.13. The fraction of sp³-hybridized carbons (Fsp3) is 0. The monoisotopic (exact) mass is 173 g/mol. The van der Waals surface area contributed by atoms with Crippen molar-refractivity contribution >= 4 is 21.6 Å². The van der Waals surface area contributed by atoms with Crippen LogP contribution in [0, 0.1) is 0 Å². The van der Waals surface area contributed by atoms with Gasteiger partial charge in [0, 0.05) is 6.07 Å². The number of halogens is 1. The molecule has 1 aromatic heterocycles. The van der Waals surface area contributed by atoms with Crippen LogP contribution in [0.15, 0.2) is 22.9 Å². The Morgan fingerprint density at radius 1 is 1.62 bits per heavy atom. The Labute approximate surface area is 55.9 Å². The first-order valence-corrected chi connectivity index (χ1v) is 3.01. The molecule has 0 atom stereocenters. The van der Waals surface area contributed by atoms with Gasteiger partial charge < -0.3 is 5.73 Å². The van der Waals surface area contributed by atoms with Crippen LogP contribution in [-0.4, -0.2) is 0 Å². The zero-order chi connectivity index (χ0) is 5.98. The average Bonchev–Trinajstić information content (AvgIpc) is 1.77. The molecule has 0 fully saturated rings. The van der Waals surface area contributed by atoms with E-state index >= 15 is 0 Å². The highest BCUT2D eigenvalue weighted by atomic mass is 79.9. The van der Waals surface area contributed by atoms with Crippen molar-refractivity contribution in [1.82, 2.24) is 0 Å². The number of H-pyrrole nitrogens is 1. The van der Waals surface area contributed by atoms with Gasteiger partial charge in [-0.05, 0) is 15.9 Å². The summed E-state index contributed by atoms with van der Waals surface area (Å²) >= 11 is 3.24. The third-order valence-corrected chi connectivity index (χ3v) is 1.53. The van der Waals surface area contributed by atoms with E-state index in [1.807, 2.05) is 0 Å². The molecule has 0 amide bonds. The molecule has 42 valence electrons. The van der Waals surface area contributed by atoms with Gasteiger partial charge in [-0.3, -0.25) is 0 Å². The average molecular weight is 174 g/mol. The van der Waals surface area contributed by atoms with E-state index in [0.29, 0.717) is 0 Å². The lowest BCUT2D eigenvalue weighted by Crippen LogP contribution is -2.00. The van der Waals surface area contributed by atoms with Crippen molar-refractivity contribution in [1.29, 1.82) is 0 Å². The Morgan fingerprint density at radius 2 is 2.38 bits per heavy atom. The molecule has 0 aliphatic heterocycles. The summed E-state index contributed by atoms with van der Waals surface area (Å²) in [6, 6.07) is 1.80. The first-order chi connectivity index (χ1) is 3.80. The highest BCUT2D eigenvalue weighted by molar-refractivity contribution is 9.10. The van der Waals surface area contributed by atoms with Crippen LogP contribution in [0.2, 0.25) is 0 Å². The molecule has 0 aliphatic carbocycles. The fourth-order valence-electron chi connectivity index (χ4n) is 0.422. The second-order valence-electron chi connectivity index (χ2n) is 1.45. The largest absolute Gasteiger partial charge is 0.397 e. The summed E-state index contributed by atoms with van der Waals surface area (Å²) in [6.45, 7) is 0. The Hall–Kier alpha value is -0.570. The van der Waals surface area contributed by atoms with E-state index in [2.05, 4.69) is 20.9 Å². The first kappa shape index (κ1) is 5.56. The summed E-state index contributed by atoms with van der Waals surface area (Å²) in [5, 5.41) is 0. The molecule has 0 aromatic carbocycles. The van der Waals surface area contributed by atoms with Crippen LogP contribution < -0.4 is 10.7 Å². The predicted octanol–water partition coefficient (Wildman–Crippen LogP) is 0.845. The summed E-state index contributed by atoms with van der Waals surface area (Å²) in [6.07, 6.45) is 3.56. The zero-order valence-corrected chi connectivity index (χ0v) is 5.77. The topological polar surface area (TPSA) is 40.2 Å². The van der Waals surface area contributed by atoms with Gasteiger partial charge in [-0.1, -0.05) is 0 Å². The molecule has 0 radical (unpaired) electrons. The van der Waals surface area contributed by atoms with E-state index in [1.165, 1.54) is 0 Å². The van der Waals surface area contributed by atoms with Crippen LogP contribution in [0.4, 0.5) is 5.69 Å². The molecule has 8 heavy (non-hydrogen) atoms. The number of aromatic nitrogens is 1. The molecule has 1 rings (SSSR count). The molecule has 3 heteroatoms. The molecule has 0 bridgehead atoms. The van der Waals surface area contributed by atoms with Crippen molar-refractivity contribution in [3.63, 3.8) is 0 Å². The maximum absolute atomic E-state index is 5.45. The standard InChI is InChI=1S/C5H5BrN2/c6-4-3-8-2-1-5(4)7/h1-3H,(H2,7,8)/p+1. The minimum Gasteiger partial charge on any atom is -0.397 e. The number of anilines is 1. The summed E-state index contributed by atoms with van der Waals surface area (Å²) in [4.78, 5) is 2.87. The minimum absolute atomic E-state index is 0.753. The van der Waals surface area contributed by atoms with Crippen LogP contribution in [0.25, 0.3) is 0 Å². The molecule has 1 heterocycles. The summed E-state index contributed by atoms with van der Waals surface area (Å²) in [5.74, 6) is 0. The number of hydrogen-bond donors (Lipinski definition) is 1. The van der Waals surface area contributed by atoms with E-state index in [-0.39, 0.29) is 0 Å². The highest BCUT2D eigenvalue weighted by Crippen LogP contribution is 2.13. The molecule has 3 N–H and O–H groups in total. The SMILES string of the molecule is Nc1cc[nH+]cc1Br. The molecule has 2 nitrogen and oxygen atoms in total. The van der Waals surface area contributed by atoms with Gasteiger partial charge in [-0.25, -0.2) is 4.98 Å². The lowest BCUT2D eigenvalue weighted by atomic mass is 10.4. The van der Waals surface area contributed by atoms with Crippen molar-refractivity contribution in [2.45, 2.75) is 0 Å². The van der Waals surface area contributed by atoms with Gasteiger partial charge in [0.15, 0.2) is 12.4 Å². The van der Waals surface area contributed by atoms with Gasteiger partial charge in [0.05, 0.1) is 5.69 Å². The summed E-state index contributed by atoms with van der Waals surface area (Å²) < 4.78 is 0.903. The van der Waals surface area contributed by atoms with Gasteiger partial charge in [0.2, 0.25) is 0 Å². The number of hydrogen-bond acceptors (Lipinski definition) is 1. The molecule has 0 aliphatic rings. The Kier molecular flexibility index (Phi) is 1.48. The maximum atomic E-state index is 5.45. The lowest BCUT2D eigenvalue weighted by Gasteiger charge is -1.86. The van der Waals surface area contributed by atoms with Crippen molar-refractivity contribution in [3.8, 4) is 0 Å². The van der Waals surface area contributed by atoms with Gasteiger partial charge in [0.25, 0.3) is 0 Å². The lowest BCUT2D eigenvalue weighted by molar-refractivity contribution is -0.378. The molecule has 0 saturated carbocycles. The third-order valence-electron chi connectivity index (χ3n) is 0.845. The van der Waals surface area contributed by atoms with Crippen LogP contribution in [0.3, 0.4) is 0 Å². The van der Waals surface area contributed by atoms with E-state index in [9.17, 15) is 0 Å². The van der Waals surface area contributed by atoms with Gasteiger partial charge >= 0.3 is 0 Å². The molecule has 0 unspecified atom stereocenters. The summed E-state index contributed by atoms with van der Waals surface area (Å²) in [7, 11) is 0. The van der Waals surface area contributed by atoms with E-state index < -0.39 is 0 Å². The molecule has 1 aromatic rings. The number of nitrogen functional groups attached to an aromatic ring is 1. The third kappa shape index (κ3) is 0.980. The molecular formula is C5H6BrN2+. The fourth-order valence-corrected chi connectivity index (χ4v) is 0.686. The smallest absolute Gasteiger partial charge is 0.183 e. The molecule has 0 saturated heterocycles. The van der Waals surface area contributed by atoms with Gasteiger partial charge in [-0.2, -0.15) is 0 Å². The number of nitrogens with two attached hydrogens (primary N) is 1. The number of nitrogens with one attached hydrogen (secondary N) is 1. The molecular weight excluding hydrogens is 168 g/mol. The zero-order valence-electron chi connectivity index (χ0n) is 4.19. The number of rotatable bonds is 0. The van der Waals surface area contributed by atoms with E-state index in [4.69, 9.17) is 5.73 Å². The van der Waals surface area contributed by atoms with Crippen molar-refractivity contribution in [2.75, 3.05) is 5.73 Å². The molecule has 0 spiro atoms. The summed E-state index contributed by atoms with van der Waals surface area (Å²) in [5.41, 5.74) is 6.21. The van der Waals surface area contributed by atoms with Crippen LogP contribution in [0.5, 0.6) is 0 Å². The second-order valence-corrected chi connectivity index (χ2v) is 2.30. The van der Waals surface area contributed by atoms with E-state index in [0.717, 1.165) is 10.2 Å². The minimum atomic E-state index is 0.753. The number of aromatic amines is 1. The quantitative estimate of drug-likeness (QED) is 0.622. The van der Waals surface area contributed by atoms with Gasteiger partial charge in [0.1, 0.15) is 4.47 Å². The highest BCUT2D eigenvalue weighted by Gasteiger charge is 1.92. The number of pyridine rings is 1. The van der Waals surface area contributed by atoms with Crippen molar-refractivity contribution < 1.29 is 4.98 Å². The Morgan fingerprint density at radius 3 is 2.75 bits per heavy atom.